The fraction of sp³-hybridized carbons (Fsp3) is 0.889. The molecule has 5 heteroatoms. The third kappa shape index (κ3) is 2.59. The van der Waals surface area contributed by atoms with Gasteiger partial charge in [-0.3, -0.25) is 0 Å². The van der Waals surface area contributed by atoms with Crippen molar-refractivity contribution in [3.8, 4) is 0 Å². The van der Waals surface area contributed by atoms with Crippen LogP contribution in [0.3, 0.4) is 0 Å². The van der Waals surface area contributed by atoms with Crippen molar-refractivity contribution in [1.29, 1.82) is 0 Å². The summed E-state index contributed by atoms with van der Waals surface area (Å²) in [5, 5.41) is 23.2. The number of amides is 1. The lowest BCUT2D eigenvalue weighted by Crippen LogP contribution is -2.49. The van der Waals surface area contributed by atoms with Crippen LogP contribution in [-0.2, 0) is 0 Å². The van der Waals surface area contributed by atoms with Crippen molar-refractivity contribution in [2.75, 3.05) is 13.2 Å². The van der Waals surface area contributed by atoms with Crippen molar-refractivity contribution in [1.82, 2.24) is 10.6 Å². The van der Waals surface area contributed by atoms with Gasteiger partial charge in [-0.1, -0.05) is 0 Å². The molecule has 0 aromatic carbocycles. The summed E-state index contributed by atoms with van der Waals surface area (Å²) < 4.78 is 0. The smallest absolute Gasteiger partial charge is 0.405 e. The van der Waals surface area contributed by atoms with Crippen molar-refractivity contribution in [2.45, 2.75) is 31.8 Å². The molecule has 0 bridgehead atoms. The minimum atomic E-state index is -0.998. The molecular weight excluding hydrogens is 184 g/mol. The molecule has 0 spiro atoms. The van der Waals surface area contributed by atoms with Gasteiger partial charge in [0.1, 0.15) is 0 Å². The largest absolute Gasteiger partial charge is 0.465 e. The van der Waals surface area contributed by atoms with Crippen LogP contribution < -0.4 is 10.6 Å². The Hall–Kier alpha value is -0.810. The summed E-state index contributed by atoms with van der Waals surface area (Å²) in [5.41, 5.74) is -0.442. The van der Waals surface area contributed by atoms with Crippen LogP contribution in [0.5, 0.6) is 0 Å². The van der Waals surface area contributed by atoms with Crippen LogP contribution in [0.25, 0.3) is 0 Å². The molecular formula is C9H18N2O3. The molecule has 1 rings (SSSR count). The highest BCUT2D eigenvalue weighted by Gasteiger charge is 2.36. The van der Waals surface area contributed by atoms with Crippen LogP contribution in [-0.4, -0.2) is 41.0 Å². The first kappa shape index (κ1) is 11.3. The second-order valence-corrected chi connectivity index (χ2v) is 4.37. The van der Waals surface area contributed by atoms with E-state index >= 15 is 0 Å². The van der Waals surface area contributed by atoms with Crippen molar-refractivity contribution < 1.29 is 15.0 Å². The fourth-order valence-corrected chi connectivity index (χ4v) is 1.89. The summed E-state index contributed by atoms with van der Waals surface area (Å²) in [6, 6.07) is 0.106. The Bertz CT molecular complexity index is 218. The number of hydrogen-bond acceptors (Lipinski definition) is 3. The first-order chi connectivity index (χ1) is 6.45. The Balaban J connectivity index is 2.52. The van der Waals surface area contributed by atoms with Crippen molar-refractivity contribution in [2.24, 2.45) is 5.92 Å². The van der Waals surface area contributed by atoms with Gasteiger partial charge in [-0.05, 0) is 26.2 Å². The summed E-state index contributed by atoms with van der Waals surface area (Å²) >= 11 is 0. The molecule has 1 aliphatic heterocycles. The number of nitrogens with one attached hydrogen (secondary N) is 2. The third-order valence-corrected chi connectivity index (χ3v) is 2.89. The number of hydrogen-bond donors (Lipinski definition) is 4. The van der Waals surface area contributed by atoms with E-state index in [2.05, 4.69) is 10.6 Å². The molecule has 14 heavy (non-hydrogen) atoms. The van der Waals surface area contributed by atoms with E-state index in [1.54, 1.807) is 0 Å². The minimum absolute atomic E-state index is 0.106. The Morgan fingerprint density at radius 2 is 2.29 bits per heavy atom. The van der Waals surface area contributed by atoms with Crippen LogP contribution >= 0.6 is 0 Å². The van der Waals surface area contributed by atoms with E-state index < -0.39 is 11.6 Å². The molecule has 82 valence electrons. The van der Waals surface area contributed by atoms with Crippen LogP contribution in [0.15, 0.2) is 0 Å². The fourth-order valence-electron chi connectivity index (χ4n) is 1.89. The lowest BCUT2D eigenvalue weighted by Gasteiger charge is -2.31. The number of carboxylic acid groups (broad SMARTS) is 1. The maximum Gasteiger partial charge on any atom is 0.405 e. The minimum Gasteiger partial charge on any atom is -0.465 e. The second kappa shape index (κ2) is 4.14. The van der Waals surface area contributed by atoms with Crippen LogP contribution in [0.2, 0.25) is 0 Å². The highest BCUT2D eigenvalue weighted by molar-refractivity contribution is 5.65. The maximum atomic E-state index is 10.5. The average molecular weight is 202 g/mol. The summed E-state index contributed by atoms with van der Waals surface area (Å²) in [5.74, 6) is 0.232. The predicted molar refractivity (Wildman–Crippen MR) is 52.2 cm³/mol. The van der Waals surface area contributed by atoms with E-state index in [9.17, 15) is 4.79 Å². The molecule has 1 saturated heterocycles. The Kier molecular flexibility index (Phi) is 3.34. The van der Waals surface area contributed by atoms with E-state index in [0.717, 1.165) is 13.0 Å². The molecule has 1 heterocycles. The van der Waals surface area contributed by atoms with Crippen LogP contribution in [0, 0.1) is 5.92 Å². The van der Waals surface area contributed by atoms with E-state index in [1.807, 2.05) is 13.8 Å². The Labute approximate surface area is 83.5 Å². The summed E-state index contributed by atoms with van der Waals surface area (Å²) in [7, 11) is 0. The normalized spacial score (nSPS) is 27.6. The Morgan fingerprint density at radius 1 is 1.64 bits per heavy atom. The van der Waals surface area contributed by atoms with E-state index in [4.69, 9.17) is 10.2 Å². The lowest BCUT2D eigenvalue weighted by molar-refractivity contribution is 0.169. The quantitative estimate of drug-likeness (QED) is 0.519. The molecule has 0 saturated carbocycles. The van der Waals surface area contributed by atoms with Crippen molar-refractivity contribution in [3.63, 3.8) is 0 Å². The van der Waals surface area contributed by atoms with E-state index in [-0.39, 0.29) is 18.6 Å². The second-order valence-electron chi connectivity index (χ2n) is 4.37. The summed E-state index contributed by atoms with van der Waals surface area (Å²) in [4.78, 5) is 10.5. The molecule has 1 aliphatic rings. The SMILES string of the molecule is CC(C)(NC(=O)O)[C@@H]1CN[C@H](CO)C1. The van der Waals surface area contributed by atoms with Gasteiger partial charge in [0.05, 0.1) is 6.61 Å². The summed E-state index contributed by atoms with van der Waals surface area (Å²) in [6.45, 7) is 4.60. The van der Waals surface area contributed by atoms with Gasteiger partial charge in [0, 0.05) is 18.1 Å². The van der Waals surface area contributed by atoms with Crippen molar-refractivity contribution >= 4 is 6.09 Å². The molecule has 0 aromatic heterocycles. The number of aliphatic hydroxyl groups is 1. The van der Waals surface area contributed by atoms with Gasteiger partial charge < -0.3 is 20.8 Å². The van der Waals surface area contributed by atoms with Gasteiger partial charge in [-0.2, -0.15) is 0 Å². The molecule has 4 N–H and O–H groups in total. The molecule has 0 unspecified atom stereocenters. The van der Waals surface area contributed by atoms with Gasteiger partial charge in [-0.25, -0.2) is 4.79 Å². The Morgan fingerprint density at radius 3 is 2.71 bits per heavy atom. The highest BCUT2D eigenvalue weighted by Crippen LogP contribution is 2.25. The van der Waals surface area contributed by atoms with Crippen molar-refractivity contribution in [3.05, 3.63) is 0 Å². The third-order valence-electron chi connectivity index (χ3n) is 2.89. The number of aliphatic hydroxyl groups excluding tert-OH is 1. The summed E-state index contributed by atoms with van der Waals surface area (Å²) in [6.07, 6.45) is -0.188. The van der Waals surface area contributed by atoms with Gasteiger partial charge in [0.25, 0.3) is 0 Å². The topological polar surface area (TPSA) is 81.6 Å². The molecule has 1 fully saturated rings. The molecule has 0 radical (unpaired) electrons. The maximum absolute atomic E-state index is 10.5. The predicted octanol–water partition coefficient (Wildman–Crippen LogP) is 0.00300. The van der Waals surface area contributed by atoms with E-state index in [1.165, 1.54) is 0 Å². The first-order valence-corrected chi connectivity index (χ1v) is 4.81. The van der Waals surface area contributed by atoms with Gasteiger partial charge in [0.15, 0.2) is 0 Å². The zero-order valence-electron chi connectivity index (χ0n) is 8.58. The average Bonchev–Trinajstić information content (AvgIpc) is 2.49. The zero-order chi connectivity index (χ0) is 10.8. The molecule has 1 amide bonds. The van der Waals surface area contributed by atoms with Crippen LogP contribution in [0.4, 0.5) is 4.79 Å². The molecule has 0 aromatic rings. The standard InChI is InChI=1S/C9H18N2O3/c1-9(2,11-8(13)14)6-3-7(5-12)10-4-6/h6-7,10-12H,3-5H2,1-2H3,(H,13,14)/t6-,7-/m0/s1. The lowest BCUT2D eigenvalue weighted by atomic mass is 9.86. The van der Waals surface area contributed by atoms with E-state index in [0.29, 0.717) is 0 Å². The van der Waals surface area contributed by atoms with Gasteiger partial charge >= 0.3 is 6.09 Å². The molecule has 0 aliphatic carbocycles. The van der Waals surface area contributed by atoms with Gasteiger partial charge in [0.2, 0.25) is 0 Å². The van der Waals surface area contributed by atoms with Crippen LogP contribution in [0.1, 0.15) is 20.3 Å². The molecule has 5 nitrogen and oxygen atoms in total. The molecule has 2 atom stereocenters. The monoisotopic (exact) mass is 202 g/mol. The number of rotatable bonds is 3. The zero-order valence-corrected chi connectivity index (χ0v) is 8.58. The number of carbonyl (C=O) groups is 1. The van der Waals surface area contributed by atoms with Gasteiger partial charge in [-0.15, -0.1) is 0 Å². The first-order valence-electron chi connectivity index (χ1n) is 4.81. The highest BCUT2D eigenvalue weighted by atomic mass is 16.4.